The van der Waals surface area contributed by atoms with Crippen LogP contribution in [0.3, 0.4) is 0 Å². The normalized spacial score (nSPS) is 12.9. The predicted molar refractivity (Wildman–Crippen MR) is 50.4 cm³/mol. The molecule has 0 fully saturated rings. The smallest absolute Gasteiger partial charge is 0.125 e. The van der Waals surface area contributed by atoms with Crippen molar-refractivity contribution in [3.05, 3.63) is 23.8 Å². The van der Waals surface area contributed by atoms with E-state index >= 15 is 0 Å². The lowest BCUT2D eigenvalue weighted by Gasteiger charge is -2.04. The molecule has 0 aliphatic carbocycles. The summed E-state index contributed by atoms with van der Waals surface area (Å²) in [7, 11) is 0. The zero-order valence-corrected chi connectivity index (χ0v) is 8.17. The summed E-state index contributed by atoms with van der Waals surface area (Å²) >= 11 is 5.99. The molecule has 1 atom stereocenters. The summed E-state index contributed by atoms with van der Waals surface area (Å²) in [6.45, 7) is 3.96. The third-order valence-corrected chi connectivity index (χ3v) is 2.17. The van der Waals surface area contributed by atoms with Gasteiger partial charge < -0.3 is 0 Å². The fraction of sp³-hybridized carbons (Fsp3) is 0.556. The summed E-state index contributed by atoms with van der Waals surface area (Å²) < 4.78 is 0. The number of hydrogen-bond donors (Lipinski definition) is 0. The lowest BCUT2D eigenvalue weighted by Crippen LogP contribution is -2.04. The van der Waals surface area contributed by atoms with Crippen molar-refractivity contribution in [2.45, 2.75) is 32.1 Å². The molecule has 0 saturated carbocycles. The van der Waals surface area contributed by atoms with Crippen LogP contribution in [0, 0.1) is 6.92 Å². The number of halogens is 1. The van der Waals surface area contributed by atoms with Crippen LogP contribution in [0.4, 0.5) is 0 Å². The molecule has 1 aromatic heterocycles. The van der Waals surface area contributed by atoms with Gasteiger partial charge >= 0.3 is 0 Å². The summed E-state index contributed by atoms with van der Waals surface area (Å²) in [6, 6.07) is 1.91. The second-order valence-corrected chi connectivity index (χ2v) is 3.42. The zero-order valence-electron chi connectivity index (χ0n) is 7.42. The van der Waals surface area contributed by atoms with E-state index in [0.717, 1.165) is 24.4 Å². The molecule has 0 aliphatic rings. The minimum atomic E-state index is 0.194. The first kappa shape index (κ1) is 9.46. The van der Waals surface area contributed by atoms with Crippen molar-refractivity contribution in [2.24, 2.45) is 0 Å². The summed E-state index contributed by atoms with van der Waals surface area (Å²) in [6.07, 6.45) is 3.59. The molecule has 0 radical (unpaired) electrons. The third kappa shape index (κ3) is 2.78. The van der Waals surface area contributed by atoms with Crippen LogP contribution in [0.5, 0.6) is 0 Å². The van der Waals surface area contributed by atoms with Crippen LogP contribution < -0.4 is 0 Å². The van der Waals surface area contributed by atoms with Crippen LogP contribution in [0.2, 0.25) is 0 Å². The summed E-state index contributed by atoms with van der Waals surface area (Å²) in [4.78, 5) is 8.28. The van der Waals surface area contributed by atoms with E-state index in [2.05, 4.69) is 16.9 Å². The molecule has 0 N–H and O–H groups in total. The van der Waals surface area contributed by atoms with E-state index in [4.69, 9.17) is 11.6 Å². The predicted octanol–water partition coefficient (Wildman–Crippen LogP) is 2.34. The monoisotopic (exact) mass is 184 g/mol. The molecule has 0 spiro atoms. The maximum absolute atomic E-state index is 5.99. The van der Waals surface area contributed by atoms with E-state index in [1.165, 1.54) is 0 Å². The van der Waals surface area contributed by atoms with Crippen molar-refractivity contribution in [2.75, 3.05) is 0 Å². The quantitative estimate of drug-likeness (QED) is 0.674. The van der Waals surface area contributed by atoms with Gasteiger partial charge in [0.1, 0.15) is 5.82 Å². The number of aryl methyl sites for hydroxylation is 1. The van der Waals surface area contributed by atoms with E-state index in [1.54, 1.807) is 6.20 Å². The van der Waals surface area contributed by atoms with Crippen molar-refractivity contribution in [3.8, 4) is 0 Å². The Bertz CT molecular complexity index is 250. The summed E-state index contributed by atoms with van der Waals surface area (Å²) in [5.41, 5.74) is 1.03. The fourth-order valence-electron chi connectivity index (χ4n) is 0.990. The lowest BCUT2D eigenvalue weighted by molar-refractivity contribution is 0.777. The van der Waals surface area contributed by atoms with Crippen LogP contribution in [-0.2, 0) is 6.42 Å². The Morgan fingerprint density at radius 1 is 1.58 bits per heavy atom. The minimum Gasteiger partial charge on any atom is -0.242 e. The molecule has 1 unspecified atom stereocenters. The molecule has 2 nitrogen and oxygen atoms in total. The highest BCUT2D eigenvalue weighted by atomic mass is 35.5. The van der Waals surface area contributed by atoms with E-state index in [1.807, 2.05) is 13.0 Å². The van der Waals surface area contributed by atoms with Crippen LogP contribution >= 0.6 is 11.6 Å². The standard InChI is InChI=1S/C9H13ClN2/c1-3-8(10)6-9-4-5-11-7(2)12-9/h4-5,8H,3,6H2,1-2H3. The number of aromatic nitrogens is 2. The lowest BCUT2D eigenvalue weighted by atomic mass is 10.2. The second-order valence-electron chi connectivity index (χ2n) is 2.80. The van der Waals surface area contributed by atoms with Crippen molar-refractivity contribution < 1.29 is 0 Å². The van der Waals surface area contributed by atoms with Gasteiger partial charge in [0.2, 0.25) is 0 Å². The topological polar surface area (TPSA) is 25.8 Å². The molecule has 3 heteroatoms. The molecule has 0 aliphatic heterocycles. The molecule has 1 aromatic rings. The average molecular weight is 185 g/mol. The van der Waals surface area contributed by atoms with Crippen molar-refractivity contribution >= 4 is 11.6 Å². The molecule has 12 heavy (non-hydrogen) atoms. The molecule has 0 saturated heterocycles. The van der Waals surface area contributed by atoms with E-state index < -0.39 is 0 Å². The van der Waals surface area contributed by atoms with Crippen LogP contribution in [0.25, 0.3) is 0 Å². The molecular formula is C9H13ClN2. The number of nitrogens with zero attached hydrogens (tertiary/aromatic N) is 2. The van der Waals surface area contributed by atoms with Gasteiger partial charge in [0.05, 0.1) is 0 Å². The van der Waals surface area contributed by atoms with Gasteiger partial charge in [-0.15, -0.1) is 11.6 Å². The van der Waals surface area contributed by atoms with Gasteiger partial charge in [-0.05, 0) is 19.4 Å². The zero-order chi connectivity index (χ0) is 8.97. The third-order valence-electron chi connectivity index (χ3n) is 1.71. The Morgan fingerprint density at radius 3 is 2.92 bits per heavy atom. The van der Waals surface area contributed by atoms with Crippen molar-refractivity contribution in [3.63, 3.8) is 0 Å². The maximum Gasteiger partial charge on any atom is 0.125 e. The molecule has 66 valence electrons. The highest BCUT2D eigenvalue weighted by Crippen LogP contribution is 2.08. The highest BCUT2D eigenvalue weighted by molar-refractivity contribution is 6.20. The Balaban J connectivity index is 2.63. The highest BCUT2D eigenvalue weighted by Gasteiger charge is 2.03. The van der Waals surface area contributed by atoms with Gasteiger partial charge in [-0.25, -0.2) is 9.97 Å². The van der Waals surface area contributed by atoms with E-state index in [-0.39, 0.29) is 5.38 Å². The van der Waals surface area contributed by atoms with E-state index in [0.29, 0.717) is 0 Å². The Hall–Kier alpha value is -0.630. The average Bonchev–Trinajstić information content (AvgIpc) is 2.04. The molecule has 0 amide bonds. The SMILES string of the molecule is CCC(Cl)Cc1ccnc(C)n1. The number of rotatable bonds is 3. The van der Waals surface area contributed by atoms with Crippen molar-refractivity contribution in [1.82, 2.24) is 9.97 Å². The van der Waals surface area contributed by atoms with E-state index in [9.17, 15) is 0 Å². The number of alkyl halides is 1. The minimum absolute atomic E-state index is 0.194. The Labute approximate surface area is 78.0 Å². The number of hydrogen-bond acceptors (Lipinski definition) is 2. The van der Waals surface area contributed by atoms with Gasteiger partial charge in [0.15, 0.2) is 0 Å². The largest absolute Gasteiger partial charge is 0.242 e. The van der Waals surface area contributed by atoms with Gasteiger partial charge in [0, 0.05) is 23.7 Å². The first-order chi connectivity index (χ1) is 5.72. The molecule has 0 bridgehead atoms. The van der Waals surface area contributed by atoms with Gasteiger partial charge in [-0.2, -0.15) is 0 Å². The van der Waals surface area contributed by atoms with Gasteiger partial charge in [0.25, 0.3) is 0 Å². The van der Waals surface area contributed by atoms with Crippen LogP contribution in [0.15, 0.2) is 12.3 Å². The first-order valence-electron chi connectivity index (χ1n) is 4.15. The van der Waals surface area contributed by atoms with Crippen LogP contribution in [0.1, 0.15) is 24.9 Å². The van der Waals surface area contributed by atoms with Crippen molar-refractivity contribution in [1.29, 1.82) is 0 Å². The van der Waals surface area contributed by atoms with Gasteiger partial charge in [-0.1, -0.05) is 6.92 Å². The molecule has 0 aromatic carbocycles. The maximum atomic E-state index is 5.99. The molecular weight excluding hydrogens is 172 g/mol. The fourth-order valence-corrected chi connectivity index (χ4v) is 1.15. The second kappa shape index (κ2) is 4.41. The van der Waals surface area contributed by atoms with Gasteiger partial charge in [-0.3, -0.25) is 0 Å². The first-order valence-corrected chi connectivity index (χ1v) is 4.58. The molecule has 1 rings (SSSR count). The Kier molecular flexibility index (Phi) is 3.48. The Morgan fingerprint density at radius 2 is 2.33 bits per heavy atom. The summed E-state index contributed by atoms with van der Waals surface area (Å²) in [5, 5.41) is 0.194. The molecule has 1 heterocycles. The summed E-state index contributed by atoms with van der Waals surface area (Å²) in [5.74, 6) is 0.812. The van der Waals surface area contributed by atoms with Crippen LogP contribution in [-0.4, -0.2) is 15.3 Å².